The molecule has 0 N–H and O–H groups in total. The highest BCUT2D eigenvalue weighted by molar-refractivity contribution is 6.30. The molecular weight excluding hydrogens is 243 g/mol. The van der Waals surface area contributed by atoms with E-state index < -0.39 is 11.7 Å². The number of nitrogens with zero attached hydrogens (tertiary/aromatic N) is 3. The van der Waals surface area contributed by atoms with Gasteiger partial charge >= 0.3 is 6.18 Å². The average molecular weight is 246 g/mol. The van der Waals surface area contributed by atoms with Crippen molar-refractivity contribution in [2.75, 3.05) is 0 Å². The minimum atomic E-state index is -4.46. The van der Waals surface area contributed by atoms with Crippen LogP contribution >= 0.6 is 11.6 Å². The summed E-state index contributed by atoms with van der Waals surface area (Å²) in [7, 11) is 0. The van der Waals surface area contributed by atoms with Gasteiger partial charge in [0.05, 0.1) is 5.56 Å². The summed E-state index contributed by atoms with van der Waals surface area (Å²) in [4.78, 5) is 3.75. The standard InChI is InChI=1S/C9H3ClF3N3/c10-8-6(3-14)16-4-5(9(11,12)13)1-2-7(16)15-8/h1-2,4H. The minimum Gasteiger partial charge on any atom is -0.289 e. The number of halogens is 4. The summed E-state index contributed by atoms with van der Waals surface area (Å²) >= 11 is 5.60. The third-order valence-electron chi connectivity index (χ3n) is 2.01. The first kappa shape index (κ1) is 10.8. The van der Waals surface area contributed by atoms with Crippen LogP contribution in [0, 0.1) is 11.3 Å². The van der Waals surface area contributed by atoms with E-state index >= 15 is 0 Å². The third kappa shape index (κ3) is 1.59. The lowest BCUT2D eigenvalue weighted by Gasteiger charge is -2.06. The first-order valence-corrected chi connectivity index (χ1v) is 4.46. The van der Waals surface area contributed by atoms with Crippen LogP contribution in [-0.4, -0.2) is 9.38 Å². The molecule has 0 saturated carbocycles. The van der Waals surface area contributed by atoms with Crippen molar-refractivity contribution in [3.63, 3.8) is 0 Å². The van der Waals surface area contributed by atoms with Gasteiger partial charge < -0.3 is 0 Å². The summed E-state index contributed by atoms with van der Waals surface area (Å²) in [5.74, 6) is 0. The Hall–Kier alpha value is -1.74. The monoisotopic (exact) mass is 245 g/mol. The van der Waals surface area contributed by atoms with Crippen LogP contribution < -0.4 is 0 Å². The van der Waals surface area contributed by atoms with Crippen molar-refractivity contribution < 1.29 is 13.2 Å². The molecule has 0 unspecified atom stereocenters. The van der Waals surface area contributed by atoms with Gasteiger partial charge in [-0.3, -0.25) is 4.40 Å². The molecule has 0 aromatic carbocycles. The zero-order chi connectivity index (χ0) is 11.9. The zero-order valence-corrected chi connectivity index (χ0v) is 8.34. The van der Waals surface area contributed by atoms with E-state index in [0.717, 1.165) is 22.7 Å². The van der Waals surface area contributed by atoms with E-state index in [0.29, 0.717) is 0 Å². The molecule has 0 spiro atoms. The first-order valence-electron chi connectivity index (χ1n) is 4.08. The first-order chi connectivity index (χ1) is 7.43. The van der Waals surface area contributed by atoms with Crippen LogP contribution in [0.2, 0.25) is 5.15 Å². The lowest BCUT2D eigenvalue weighted by molar-refractivity contribution is -0.137. The lowest BCUT2D eigenvalue weighted by atomic mass is 10.3. The maximum atomic E-state index is 12.4. The van der Waals surface area contributed by atoms with Crippen molar-refractivity contribution in [3.05, 3.63) is 34.7 Å². The second-order valence-electron chi connectivity index (χ2n) is 3.01. The van der Waals surface area contributed by atoms with Gasteiger partial charge in [-0.15, -0.1) is 0 Å². The highest BCUT2D eigenvalue weighted by Crippen LogP contribution is 2.30. The third-order valence-corrected chi connectivity index (χ3v) is 2.27. The van der Waals surface area contributed by atoms with Gasteiger partial charge in [0.25, 0.3) is 0 Å². The fraction of sp³-hybridized carbons (Fsp3) is 0.111. The van der Waals surface area contributed by atoms with Gasteiger partial charge in [0.2, 0.25) is 0 Å². The molecule has 0 fully saturated rings. The molecule has 0 saturated heterocycles. The fourth-order valence-electron chi connectivity index (χ4n) is 1.28. The molecule has 7 heteroatoms. The Kier molecular flexibility index (Phi) is 2.28. The van der Waals surface area contributed by atoms with Crippen molar-refractivity contribution in [3.8, 4) is 6.07 Å². The summed E-state index contributed by atoms with van der Waals surface area (Å²) in [5.41, 5.74) is -0.761. The molecule has 0 aliphatic carbocycles. The predicted molar refractivity (Wildman–Crippen MR) is 49.9 cm³/mol. The molecule has 2 aromatic rings. The van der Waals surface area contributed by atoms with Crippen LogP contribution in [0.5, 0.6) is 0 Å². The van der Waals surface area contributed by atoms with Gasteiger partial charge in [-0.05, 0) is 12.1 Å². The summed E-state index contributed by atoms with van der Waals surface area (Å²) < 4.78 is 38.2. The Morgan fingerprint density at radius 1 is 1.38 bits per heavy atom. The summed E-state index contributed by atoms with van der Waals surface area (Å²) in [6.07, 6.45) is -3.66. The van der Waals surface area contributed by atoms with Crippen LogP contribution in [0.1, 0.15) is 11.3 Å². The van der Waals surface area contributed by atoms with Crippen molar-refractivity contribution in [1.29, 1.82) is 5.26 Å². The Labute approximate surface area is 92.7 Å². The Morgan fingerprint density at radius 3 is 2.62 bits per heavy atom. The van der Waals surface area contributed by atoms with E-state index in [1.54, 1.807) is 6.07 Å². The van der Waals surface area contributed by atoms with Crippen LogP contribution in [0.25, 0.3) is 5.65 Å². The molecule has 0 radical (unpaired) electrons. The topological polar surface area (TPSA) is 41.1 Å². The zero-order valence-electron chi connectivity index (χ0n) is 7.59. The van der Waals surface area contributed by atoms with Gasteiger partial charge in [0.15, 0.2) is 10.8 Å². The molecule has 0 atom stereocenters. The van der Waals surface area contributed by atoms with E-state index in [1.165, 1.54) is 0 Å². The maximum absolute atomic E-state index is 12.4. The largest absolute Gasteiger partial charge is 0.417 e. The Bertz CT molecular complexity index is 594. The fourth-order valence-corrected chi connectivity index (χ4v) is 1.50. The second kappa shape index (κ2) is 3.39. The van der Waals surface area contributed by atoms with Crippen LogP contribution in [-0.2, 0) is 6.18 Å². The normalized spacial score (nSPS) is 11.7. The molecule has 3 nitrogen and oxygen atoms in total. The number of hydrogen-bond acceptors (Lipinski definition) is 2. The smallest absolute Gasteiger partial charge is 0.289 e. The maximum Gasteiger partial charge on any atom is 0.417 e. The molecule has 2 heterocycles. The van der Waals surface area contributed by atoms with Crippen molar-refractivity contribution in [1.82, 2.24) is 9.38 Å². The van der Waals surface area contributed by atoms with Gasteiger partial charge in [-0.2, -0.15) is 18.4 Å². The van der Waals surface area contributed by atoms with Gasteiger partial charge in [-0.1, -0.05) is 11.6 Å². The van der Waals surface area contributed by atoms with Gasteiger partial charge in [0, 0.05) is 6.20 Å². The molecule has 16 heavy (non-hydrogen) atoms. The van der Waals surface area contributed by atoms with E-state index in [2.05, 4.69) is 4.98 Å². The number of fused-ring (bicyclic) bond motifs is 1. The van der Waals surface area contributed by atoms with E-state index in [-0.39, 0.29) is 16.5 Å². The molecule has 82 valence electrons. The van der Waals surface area contributed by atoms with E-state index in [1.807, 2.05) is 0 Å². The van der Waals surface area contributed by atoms with Crippen LogP contribution in [0.15, 0.2) is 18.3 Å². The Morgan fingerprint density at radius 2 is 2.06 bits per heavy atom. The molecule has 0 aliphatic heterocycles. The molecular formula is C9H3ClF3N3. The van der Waals surface area contributed by atoms with E-state index in [9.17, 15) is 13.2 Å². The van der Waals surface area contributed by atoms with E-state index in [4.69, 9.17) is 16.9 Å². The summed E-state index contributed by atoms with van der Waals surface area (Å²) in [5, 5.41) is 8.61. The van der Waals surface area contributed by atoms with Crippen molar-refractivity contribution >= 4 is 17.2 Å². The van der Waals surface area contributed by atoms with Crippen molar-refractivity contribution in [2.45, 2.75) is 6.18 Å². The van der Waals surface area contributed by atoms with Gasteiger partial charge in [-0.25, -0.2) is 4.98 Å². The van der Waals surface area contributed by atoms with Crippen LogP contribution in [0.4, 0.5) is 13.2 Å². The number of alkyl halides is 3. The molecule has 0 aliphatic rings. The number of hydrogen-bond donors (Lipinski definition) is 0. The summed E-state index contributed by atoms with van der Waals surface area (Å²) in [6.45, 7) is 0. The highest BCUT2D eigenvalue weighted by Gasteiger charge is 2.31. The predicted octanol–water partition coefficient (Wildman–Crippen LogP) is 2.88. The number of aromatic nitrogens is 2. The number of nitriles is 1. The molecule has 0 amide bonds. The molecule has 0 bridgehead atoms. The number of rotatable bonds is 0. The highest BCUT2D eigenvalue weighted by atomic mass is 35.5. The summed E-state index contributed by atoms with van der Waals surface area (Å²) in [6, 6.07) is 3.75. The number of imidazole rings is 1. The number of pyridine rings is 1. The second-order valence-corrected chi connectivity index (χ2v) is 3.36. The average Bonchev–Trinajstić information content (AvgIpc) is 2.50. The SMILES string of the molecule is N#Cc1c(Cl)nc2ccc(C(F)(F)F)cn12. The quantitative estimate of drug-likeness (QED) is 0.716. The van der Waals surface area contributed by atoms with Crippen LogP contribution in [0.3, 0.4) is 0 Å². The Balaban J connectivity index is 2.75. The molecule has 2 aromatic heterocycles. The van der Waals surface area contributed by atoms with Gasteiger partial charge in [0.1, 0.15) is 11.7 Å². The lowest BCUT2D eigenvalue weighted by Crippen LogP contribution is -2.06. The minimum absolute atomic E-state index is 0.109. The van der Waals surface area contributed by atoms with Crippen molar-refractivity contribution in [2.24, 2.45) is 0 Å². The molecule has 2 rings (SSSR count).